The summed E-state index contributed by atoms with van der Waals surface area (Å²) in [7, 11) is 0. The van der Waals surface area contributed by atoms with Crippen LogP contribution in [0.4, 0.5) is 20.2 Å². The molecule has 0 atom stereocenters. The first-order valence-electron chi connectivity index (χ1n) is 9.67. The lowest BCUT2D eigenvalue weighted by atomic mass is 10.2. The molecular formula is C23H14BrClF2N4O3. The number of benzene rings is 3. The molecule has 0 bridgehead atoms. The van der Waals surface area contributed by atoms with Crippen molar-refractivity contribution in [2.75, 3.05) is 16.1 Å². The Bertz CT molecular complexity index is 1460. The zero-order chi connectivity index (χ0) is 24.4. The summed E-state index contributed by atoms with van der Waals surface area (Å²) in [4.78, 5) is 38.0. The Kier molecular flexibility index (Phi) is 6.62. The third kappa shape index (κ3) is 4.92. The second-order valence-electron chi connectivity index (χ2n) is 7.02. The summed E-state index contributed by atoms with van der Waals surface area (Å²) in [6.07, 6.45) is 0. The topological polar surface area (TPSA) is 92.2 Å². The van der Waals surface area contributed by atoms with Gasteiger partial charge < -0.3 is 10.6 Å². The second-order valence-corrected chi connectivity index (χ2v) is 8.34. The Morgan fingerprint density at radius 1 is 0.853 bits per heavy atom. The van der Waals surface area contributed by atoms with Crippen molar-refractivity contribution < 1.29 is 23.2 Å². The van der Waals surface area contributed by atoms with E-state index in [0.717, 1.165) is 21.3 Å². The minimum atomic E-state index is -1.22. The highest BCUT2D eigenvalue weighted by Crippen LogP contribution is 2.25. The SMILES string of the molecule is O=C(Nc1ccc(F)cc1F)C(=O)Nn1c(C(=O)Nc2ccccc2Cl)cc2cc(Br)ccc21. The average Bonchev–Trinajstić information content (AvgIpc) is 3.14. The molecule has 0 aliphatic heterocycles. The van der Waals surface area contributed by atoms with E-state index in [0.29, 0.717) is 27.7 Å². The van der Waals surface area contributed by atoms with Crippen molar-refractivity contribution >= 4 is 67.5 Å². The Labute approximate surface area is 204 Å². The maximum atomic E-state index is 13.8. The van der Waals surface area contributed by atoms with E-state index < -0.39 is 29.4 Å². The summed E-state index contributed by atoms with van der Waals surface area (Å²) in [6, 6.07) is 15.6. The summed E-state index contributed by atoms with van der Waals surface area (Å²) in [5.74, 6) is -4.89. The lowest BCUT2D eigenvalue weighted by Crippen LogP contribution is -2.36. The lowest BCUT2D eigenvalue weighted by molar-refractivity contribution is -0.133. The molecule has 4 aromatic rings. The average molecular weight is 548 g/mol. The Balaban J connectivity index is 1.64. The molecule has 11 heteroatoms. The first kappa shape index (κ1) is 23.4. The Hall–Kier alpha value is -3.76. The zero-order valence-corrected chi connectivity index (χ0v) is 19.4. The number of hydrogen-bond donors (Lipinski definition) is 3. The standard InChI is InChI=1S/C23H14BrClF2N4O3/c24-13-5-8-19-12(9-13)10-20(21(32)28-17-4-2-1-3-15(17)25)31(19)30-23(34)22(33)29-18-7-6-14(26)11-16(18)27/h1-11H,(H,28,32)(H,29,33)(H,30,34). The minimum Gasteiger partial charge on any atom is -0.319 e. The third-order valence-corrected chi connectivity index (χ3v) is 5.54. The maximum Gasteiger partial charge on any atom is 0.328 e. The van der Waals surface area contributed by atoms with E-state index in [2.05, 4.69) is 32.0 Å². The van der Waals surface area contributed by atoms with Crippen molar-refractivity contribution in [3.8, 4) is 0 Å². The summed E-state index contributed by atoms with van der Waals surface area (Å²) < 4.78 is 28.8. The number of nitrogens with one attached hydrogen (secondary N) is 3. The number of halogens is 4. The molecule has 0 unspecified atom stereocenters. The molecule has 0 spiro atoms. The number of aromatic nitrogens is 1. The Morgan fingerprint density at radius 3 is 2.35 bits per heavy atom. The molecule has 0 saturated carbocycles. The van der Waals surface area contributed by atoms with Gasteiger partial charge in [-0.3, -0.25) is 19.8 Å². The molecule has 7 nitrogen and oxygen atoms in total. The van der Waals surface area contributed by atoms with Gasteiger partial charge >= 0.3 is 11.8 Å². The van der Waals surface area contributed by atoms with E-state index in [-0.39, 0.29) is 11.4 Å². The van der Waals surface area contributed by atoms with E-state index in [1.807, 2.05) is 0 Å². The van der Waals surface area contributed by atoms with Crippen LogP contribution in [0.5, 0.6) is 0 Å². The van der Waals surface area contributed by atoms with Crippen molar-refractivity contribution in [2.24, 2.45) is 0 Å². The van der Waals surface area contributed by atoms with Crippen LogP contribution >= 0.6 is 27.5 Å². The summed E-state index contributed by atoms with van der Waals surface area (Å²) in [5, 5.41) is 5.63. The highest BCUT2D eigenvalue weighted by atomic mass is 79.9. The van der Waals surface area contributed by atoms with Gasteiger partial charge in [-0.1, -0.05) is 39.7 Å². The molecule has 0 aliphatic carbocycles. The molecule has 3 N–H and O–H groups in total. The number of hydrogen-bond acceptors (Lipinski definition) is 3. The molecule has 172 valence electrons. The predicted octanol–water partition coefficient (Wildman–Crippen LogP) is 5.30. The van der Waals surface area contributed by atoms with Gasteiger partial charge in [-0.05, 0) is 48.5 Å². The van der Waals surface area contributed by atoms with Gasteiger partial charge in [0.1, 0.15) is 17.3 Å². The predicted molar refractivity (Wildman–Crippen MR) is 128 cm³/mol. The number of amides is 3. The zero-order valence-electron chi connectivity index (χ0n) is 17.0. The lowest BCUT2D eigenvalue weighted by Gasteiger charge is -2.13. The number of carbonyl (C=O) groups excluding carboxylic acids is 3. The van der Waals surface area contributed by atoms with Gasteiger partial charge in [-0.15, -0.1) is 0 Å². The van der Waals surface area contributed by atoms with Crippen LogP contribution in [-0.2, 0) is 9.59 Å². The van der Waals surface area contributed by atoms with Gasteiger partial charge in [-0.2, -0.15) is 0 Å². The van der Waals surface area contributed by atoms with Gasteiger partial charge in [0.15, 0.2) is 0 Å². The summed E-state index contributed by atoms with van der Waals surface area (Å²) >= 11 is 9.46. The molecule has 0 saturated heterocycles. The smallest absolute Gasteiger partial charge is 0.319 e. The van der Waals surface area contributed by atoms with E-state index >= 15 is 0 Å². The first-order valence-corrected chi connectivity index (χ1v) is 10.8. The number of nitrogens with zero attached hydrogens (tertiary/aromatic N) is 1. The highest BCUT2D eigenvalue weighted by Gasteiger charge is 2.22. The van der Waals surface area contributed by atoms with Gasteiger partial charge in [0.25, 0.3) is 5.91 Å². The van der Waals surface area contributed by atoms with Crippen LogP contribution in [0, 0.1) is 11.6 Å². The van der Waals surface area contributed by atoms with Crippen molar-refractivity contribution in [1.29, 1.82) is 0 Å². The van der Waals surface area contributed by atoms with Crippen molar-refractivity contribution in [3.63, 3.8) is 0 Å². The number of fused-ring (bicyclic) bond motifs is 1. The van der Waals surface area contributed by atoms with E-state index in [1.54, 1.807) is 42.5 Å². The largest absolute Gasteiger partial charge is 0.328 e. The van der Waals surface area contributed by atoms with Crippen LogP contribution in [-0.4, -0.2) is 22.4 Å². The molecule has 4 rings (SSSR count). The second kappa shape index (κ2) is 9.62. The number of anilines is 2. The van der Waals surface area contributed by atoms with Gasteiger partial charge in [0, 0.05) is 15.9 Å². The maximum absolute atomic E-state index is 13.8. The molecule has 0 aliphatic rings. The normalized spacial score (nSPS) is 10.7. The van der Waals surface area contributed by atoms with E-state index in [1.165, 1.54) is 6.07 Å². The monoisotopic (exact) mass is 546 g/mol. The molecule has 0 fully saturated rings. The van der Waals surface area contributed by atoms with Crippen molar-refractivity contribution in [1.82, 2.24) is 4.68 Å². The van der Waals surface area contributed by atoms with Crippen LogP contribution in [0.15, 0.2) is 71.2 Å². The van der Waals surface area contributed by atoms with Crippen LogP contribution in [0.3, 0.4) is 0 Å². The van der Waals surface area contributed by atoms with Crippen LogP contribution in [0.1, 0.15) is 10.5 Å². The minimum absolute atomic E-state index is 0.00197. The molecule has 3 aromatic carbocycles. The number of carbonyl (C=O) groups is 3. The molecule has 0 radical (unpaired) electrons. The molecule has 34 heavy (non-hydrogen) atoms. The highest BCUT2D eigenvalue weighted by molar-refractivity contribution is 9.10. The van der Waals surface area contributed by atoms with Gasteiger partial charge in [0.05, 0.1) is 21.9 Å². The van der Waals surface area contributed by atoms with E-state index in [4.69, 9.17) is 11.6 Å². The summed E-state index contributed by atoms with van der Waals surface area (Å²) in [5.41, 5.74) is 2.74. The quantitative estimate of drug-likeness (QED) is 0.303. The fraction of sp³-hybridized carbons (Fsp3) is 0. The number of rotatable bonds is 4. The van der Waals surface area contributed by atoms with Gasteiger partial charge in [-0.25, -0.2) is 13.5 Å². The van der Waals surface area contributed by atoms with E-state index in [9.17, 15) is 23.2 Å². The third-order valence-electron chi connectivity index (χ3n) is 4.72. The fourth-order valence-corrected chi connectivity index (χ4v) is 3.71. The van der Waals surface area contributed by atoms with Crippen molar-refractivity contribution in [3.05, 3.63) is 93.6 Å². The van der Waals surface area contributed by atoms with Crippen molar-refractivity contribution in [2.45, 2.75) is 0 Å². The molecule has 3 amide bonds. The van der Waals surface area contributed by atoms with Crippen LogP contribution in [0.25, 0.3) is 10.9 Å². The molecule has 1 aromatic heterocycles. The Morgan fingerprint density at radius 2 is 1.62 bits per heavy atom. The van der Waals surface area contributed by atoms with Gasteiger partial charge in [0.2, 0.25) is 0 Å². The van der Waals surface area contributed by atoms with Crippen LogP contribution < -0.4 is 16.1 Å². The molecular weight excluding hydrogens is 534 g/mol. The molecule has 1 heterocycles. The first-order chi connectivity index (χ1) is 16.2. The fourth-order valence-electron chi connectivity index (χ4n) is 3.14. The summed E-state index contributed by atoms with van der Waals surface area (Å²) in [6.45, 7) is 0. The van der Waals surface area contributed by atoms with Crippen LogP contribution in [0.2, 0.25) is 5.02 Å². The number of para-hydroxylation sites is 1.